The maximum Gasteiger partial charge on any atom is 0.416 e. The number of rotatable bonds is 3. The molecule has 0 radical (unpaired) electrons. The third-order valence-corrected chi connectivity index (χ3v) is 2.81. The number of amides is 2. The molecule has 0 aliphatic carbocycles. The second kappa shape index (κ2) is 6.28. The molecular formula is C13H14F3N3O. The number of hydrogen-bond acceptors (Lipinski definition) is 2. The molecule has 108 valence electrons. The Hall–Kier alpha value is -2.23. The molecule has 1 aromatic rings. The van der Waals surface area contributed by atoms with E-state index in [0.717, 1.165) is 12.1 Å². The number of nitrogens with one attached hydrogen (secondary N) is 1. The number of benzene rings is 1. The Bertz CT molecular complexity index is 522. The molecule has 0 saturated carbocycles. The summed E-state index contributed by atoms with van der Waals surface area (Å²) in [5.41, 5.74) is -0.774. The molecule has 0 aliphatic heterocycles. The quantitative estimate of drug-likeness (QED) is 0.924. The van der Waals surface area contributed by atoms with Crippen LogP contribution in [-0.2, 0) is 6.18 Å². The van der Waals surface area contributed by atoms with Crippen LogP contribution < -0.4 is 5.32 Å². The van der Waals surface area contributed by atoms with E-state index in [4.69, 9.17) is 5.26 Å². The lowest BCUT2D eigenvalue weighted by Gasteiger charge is -2.23. The molecule has 0 heterocycles. The molecular weight excluding hydrogens is 271 g/mol. The second-order valence-corrected chi connectivity index (χ2v) is 4.33. The van der Waals surface area contributed by atoms with Crippen molar-refractivity contribution in [2.75, 3.05) is 12.4 Å². The number of nitriles is 1. The molecule has 4 nitrogen and oxygen atoms in total. The van der Waals surface area contributed by atoms with Crippen molar-refractivity contribution in [1.82, 2.24) is 4.90 Å². The van der Waals surface area contributed by atoms with Gasteiger partial charge in [-0.15, -0.1) is 0 Å². The van der Waals surface area contributed by atoms with Crippen molar-refractivity contribution < 1.29 is 18.0 Å². The highest BCUT2D eigenvalue weighted by molar-refractivity contribution is 5.89. The summed E-state index contributed by atoms with van der Waals surface area (Å²) in [6, 6.07) is 5.42. The Morgan fingerprint density at radius 1 is 1.50 bits per heavy atom. The van der Waals surface area contributed by atoms with Gasteiger partial charge < -0.3 is 10.2 Å². The molecule has 0 bridgehead atoms. The standard InChI is InChI=1S/C13H14F3N3O/c1-9(6-7-17)19(2)12(20)18-11-5-3-4-10(8-11)13(14,15)16/h3-5,8-9H,6H2,1-2H3,(H,18,20). The fourth-order valence-corrected chi connectivity index (χ4v) is 1.45. The fourth-order valence-electron chi connectivity index (χ4n) is 1.45. The first-order valence-electron chi connectivity index (χ1n) is 5.83. The summed E-state index contributed by atoms with van der Waals surface area (Å²) in [5.74, 6) is 0. The molecule has 1 N–H and O–H groups in total. The highest BCUT2D eigenvalue weighted by Gasteiger charge is 2.30. The number of urea groups is 1. The average Bonchev–Trinajstić information content (AvgIpc) is 2.37. The SMILES string of the molecule is CC(CC#N)N(C)C(=O)Nc1cccc(C(F)(F)F)c1. The van der Waals surface area contributed by atoms with Gasteiger partial charge in [-0.1, -0.05) is 6.07 Å². The number of hydrogen-bond donors (Lipinski definition) is 1. The van der Waals surface area contributed by atoms with Crippen LogP contribution in [0.3, 0.4) is 0 Å². The molecule has 1 atom stereocenters. The average molecular weight is 285 g/mol. The van der Waals surface area contributed by atoms with E-state index in [9.17, 15) is 18.0 Å². The smallest absolute Gasteiger partial charge is 0.324 e. The minimum atomic E-state index is -4.46. The number of alkyl halides is 3. The number of halogens is 3. The van der Waals surface area contributed by atoms with E-state index in [-0.39, 0.29) is 18.2 Å². The van der Waals surface area contributed by atoms with Crippen LogP contribution in [-0.4, -0.2) is 24.0 Å². The summed E-state index contributed by atoms with van der Waals surface area (Å²) in [4.78, 5) is 13.1. The van der Waals surface area contributed by atoms with Gasteiger partial charge in [-0.25, -0.2) is 4.79 Å². The Balaban J connectivity index is 2.79. The van der Waals surface area contributed by atoms with Gasteiger partial charge in [0.2, 0.25) is 0 Å². The highest BCUT2D eigenvalue weighted by atomic mass is 19.4. The highest BCUT2D eigenvalue weighted by Crippen LogP contribution is 2.30. The van der Waals surface area contributed by atoms with Crippen LogP contribution in [0.25, 0.3) is 0 Å². The summed E-state index contributed by atoms with van der Waals surface area (Å²) >= 11 is 0. The monoisotopic (exact) mass is 285 g/mol. The maximum absolute atomic E-state index is 12.5. The van der Waals surface area contributed by atoms with Crippen LogP contribution in [0.5, 0.6) is 0 Å². The summed E-state index contributed by atoms with van der Waals surface area (Å²) in [7, 11) is 1.48. The van der Waals surface area contributed by atoms with Crippen molar-refractivity contribution in [2.24, 2.45) is 0 Å². The predicted molar refractivity (Wildman–Crippen MR) is 67.9 cm³/mol. The van der Waals surface area contributed by atoms with Gasteiger partial charge in [0, 0.05) is 18.8 Å². The Morgan fingerprint density at radius 2 is 2.15 bits per heavy atom. The van der Waals surface area contributed by atoms with E-state index in [1.807, 2.05) is 6.07 Å². The van der Waals surface area contributed by atoms with Crippen LogP contribution >= 0.6 is 0 Å². The summed E-state index contributed by atoms with van der Waals surface area (Å²) in [6.07, 6.45) is -4.31. The van der Waals surface area contributed by atoms with Gasteiger partial charge in [0.15, 0.2) is 0 Å². The fraction of sp³-hybridized carbons (Fsp3) is 0.385. The molecule has 1 aromatic carbocycles. The first-order chi connectivity index (χ1) is 9.25. The van der Waals surface area contributed by atoms with E-state index in [0.29, 0.717) is 0 Å². The molecule has 7 heteroatoms. The lowest BCUT2D eigenvalue weighted by Crippen LogP contribution is -2.38. The van der Waals surface area contributed by atoms with Crippen molar-refractivity contribution >= 4 is 11.7 Å². The third-order valence-electron chi connectivity index (χ3n) is 2.81. The zero-order valence-corrected chi connectivity index (χ0v) is 11.0. The zero-order chi connectivity index (χ0) is 15.3. The molecule has 1 rings (SSSR count). The van der Waals surface area contributed by atoms with Crippen LogP contribution in [0.4, 0.5) is 23.7 Å². The Kier molecular flexibility index (Phi) is 4.97. The van der Waals surface area contributed by atoms with Crippen molar-refractivity contribution in [3.63, 3.8) is 0 Å². The summed E-state index contributed by atoms with van der Waals surface area (Å²) in [6.45, 7) is 1.68. The van der Waals surface area contributed by atoms with E-state index in [2.05, 4.69) is 5.32 Å². The zero-order valence-electron chi connectivity index (χ0n) is 11.0. The second-order valence-electron chi connectivity index (χ2n) is 4.33. The third kappa shape index (κ3) is 4.16. The lowest BCUT2D eigenvalue weighted by molar-refractivity contribution is -0.137. The van der Waals surface area contributed by atoms with Gasteiger partial charge in [-0.2, -0.15) is 18.4 Å². The van der Waals surface area contributed by atoms with E-state index in [1.54, 1.807) is 6.92 Å². The largest absolute Gasteiger partial charge is 0.416 e. The molecule has 0 aromatic heterocycles. The van der Waals surface area contributed by atoms with Crippen molar-refractivity contribution in [3.8, 4) is 6.07 Å². The predicted octanol–water partition coefficient (Wildman–Crippen LogP) is 3.47. The first-order valence-corrected chi connectivity index (χ1v) is 5.83. The minimum absolute atomic E-state index is 0.0563. The minimum Gasteiger partial charge on any atom is -0.324 e. The Morgan fingerprint density at radius 3 is 2.70 bits per heavy atom. The van der Waals surface area contributed by atoms with E-state index >= 15 is 0 Å². The number of carbonyl (C=O) groups is 1. The first kappa shape index (κ1) is 15.8. The molecule has 0 aliphatic rings. The van der Waals surface area contributed by atoms with Crippen molar-refractivity contribution in [3.05, 3.63) is 29.8 Å². The summed E-state index contributed by atoms with van der Waals surface area (Å²) < 4.78 is 37.6. The molecule has 0 fully saturated rings. The summed E-state index contributed by atoms with van der Waals surface area (Å²) in [5, 5.41) is 10.9. The molecule has 0 saturated heterocycles. The number of nitrogens with zero attached hydrogens (tertiary/aromatic N) is 2. The van der Waals surface area contributed by atoms with Crippen LogP contribution in [0.15, 0.2) is 24.3 Å². The van der Waals surface area contributed by atoms with E-state index in [1.165, 1.54) is 24.1 Å². The maximum atomic E-state index is 12.5. The van der Waals surface area contributed by atoms with Crippen molar-refractivity contribution in [1.29, 1.82) is 5.26 Å². The number of anilines is 1. The normalized spacial score (nSPS) is 12.4. The van der Waals surface area contributed by atoms with Gasteiger partial charge in [-0.3, -0.25) is 0 Å². The lowest BCUT2D eigenvalue weighted by atomic mass is 10.2. The van der Waals surface area contributed by atoms with Gasteiger partial charge in [0.25, 0.3) is 0 Å². The van der Waals surface area contributed by atoms with Crippen LogP contribution in [0, 0.1) is 11.3 Å². The van der Waals surface area contributed by atoms with Gasteiger partial charge in [0.1, 0.15) is 0 Å². The Labute approximate surface area is 114 Å². The topological polar surface area (TPSA) is 56.1 Å². The molecule has 2 amide bonds. The van der Waals surface area contributed by atoms with Crippen LogP contribution in [0.1, 0.15) is 18.9 Å². The number of carbonyl (C=O) groups excluding carboxylic acids is 1. The molecule has 0 spiro atoms. The molecule has 20 heavy (non-hydrogen) atoms. The van der Waals surface area contributed by atoms with Gasteiger partial charge in [-0.05, 0) is 25.1 Å². The van der Waals surface area contributed by atoms with Gasteiger partial charge in [0.05, 0.1) is 18.1 Å². The van der Waals surface area contributed by atoms with E-state index < -0.39 is 17.8 Å². The van der Waals surface area contributed by atoms with Gasteiger partial charge >= 0.3 is 12.2 Å². The molecule has 1 unspecified atom stereocenters. The van der Waals surface area contributed by atoms with Crippen LogP contribution in [0.2, 0.25) is 0 Å². The van der Waals surface area contributed by atoms with Crippen molar-refractivity contribution in [2.45, 2.75) is 25.6 Å².